The number of thiol groups is 1. The summed E-state index contributed by atoms with van der Waals surface area (Å²) in [5.41, 5.74) is 7.47. The van der Waals surface area contributed by atoms with E-state index in [2.05, 4.69) is 0 Å². The van der Waals surface area contributed by atoms with Gasteiger partial charge in [0.15, 0.2) is 0 Å². The number of rotatable bonds is 5. The van der Waals surface area contributed by atoms with E-state index in [1.54, 1.807) is 12.1 Å². The lowest BCUT2D eigenvalue weighted by molar-refractivity contribution is -0.384. The Morgan fingerprint density at radius 2 is 1.61 bits per heavy atom. The smallest absolute Gasteiger partial charge is 0.269 e. The molecule has 23 heavy (non-hydrogen) atoms. The molecule has 0 aliphatic carbocycles. The van der Waals surface area contributed by atoms with Crippen LogP contribution in [0.15, 0.2) is 54.6 Å². The van der Waals surface area contributed by atoms with Gasteiger partial charge in [0.25, 0.3) is 5.69 Å². The largest absolute Gasteiger partial charge is 0.320 e. The zero-order valence-electron chi connectivity index (χ0n) is 12.4. The first-order chi connectivity index (χ1) is 10.4. The molecule has 0 radical (unpaired) electrons. The van der Waals surface area contributed by atoms with Gasteiger partial charge in [0, 0.05) is 12.1 Å². The number of ketones is 1. The van der Waals surface area contributed by atoms with Crippen molar-refractivity contribution in [2.45, 2.75) is 17.7 Å². The van der Waals surface area contributed by atoms with Crippen LogP contribution in [-0.2, 0) is 9.54 Å². The van der Waals surface area contributed by atoms with E-state index in [4.69, 9.17) is 18.4 Å². The Bertz CT molecular complexity index is 694. The number of nitrogens with zero attached hydrogens (tertiary/aromatic N) is 1. The molecule has 0 aliphatic rings. The summed E-state index contributed by atoms with van der Waals surface area (Å²) in [6.07, 6.45) is 0. The molecule has 0 bridgehead atoms. The van der Waals surface area contributed by atoms with Crippen LogP contribution >= 0.6 is 25.0 Å². The minimum atomic E-state index is -1.05. The number of halogens is 1. The Morgan fingerprint density at radius 3 is 2.04 bits per heavy atom. The lowest BCUT2D eigenvalue weighted by Crippen LogP contribution is -2.47. The average Bonchev–Trinajstić information content (AvgIpc) is 2.54. The van der Waals surface area contributed by atoms with Crippen LogP contribution in [-0.4, -0.2) is 16.7 Å². The van der Waals surface area contributed by atoms with Crippen molar-refractivity contribution < 1.29 is 9.72 Å². The molecule has 0 fully saturated rings. The van der Waals surface area contributed by atoms with E-state index in [9.17, 15) is 14.9 Å². The lowest BCUT2D eigenvalue weighted by Gasteiger charge is -2.34. The summed E-state index contributed by atoms with van der Waals surface area (Å²) in [7, 11) is 0. The van der Waals surface area contributed by atoms with Gasteiger partial charge in [0.2, 0.25) is 0 Å². The fourth-order valence-electron chi connectivity index (χ4n) is 2.35. The molecule has 0 saturated heterocycles. The quantitative estimate of drug-likeness (QED) is 0.492. The number of nitrogens with two attached hydrogens (primary N) is 1. The highest BCUT2D eigenvalue weighted by Gasteiger charge is 2.39. The molecule has 0 saturated carbocycles. The molecule has 2 aromatic carbocycles. The van der Waals surface area contributed by atoms with Crippen molar-refractivity contribution in [3.8, 4) is 0 Å². The van der Waals surface area contributed by atoms with Gasteiger partial charge < -0.3 is 5.73 Å². The van der Waals surface area contributed by atoms with Crippen molar-refractivity contribution in [1.29, 1.82) is 0 Å². The maximum Gasteiger partial charge on any atom is 0.269 e. The molecule has 0 heterocycles. The minimum Gasteiger partial charge on any atom is -0.320 e. The maximum atomic E-state index is 11.8. The van der Waals surface area contributed by atoms with Gasteiger partial charge in [-0.1, -0.05) is 42.5 Å². The Labute approximate surface area is 145 Å². The normalized spacial score (nSPS) is 14.2. The Morgan fingerprint density at radius 1 is 1.13 bits per heavy atom. The van der Waals surface area contributed by atoms with Crippen LogP contribution in [0.2, 0.25) is 0 Å². The van der Waals surface area contributed by atoms with E-state index in [0.717, 1.165) is 5.56 Å². The van der Waals surface area contributed by atoms with Crippen molar-refractivity contribution in [2.24, 2.45) is 5.73 Å². The number of hydrogen-bond acceptors (Lipinski definition) is 5. The highest BCUT2D eigenvalue weighted by Crippen LogP contribution is 2.39. The first-order valence-corrected chi connectivity index (χ1v) is 7.11. The van der Waals surface area contributed by atoms with E-state index >= 15 is 0 Å². The first-order valence-electron chi connectivity index (χ1n) is 6.66. The third kappa shape index (κ3) is 3.72. The number of non-ortho nitro benzene ring substituents is 1. The molecular weight excluding hydrogens is 336 g/mol. The lowest BCUT2D eigenvalue weighted by atomic mass is 9.82. The highest BCUT2D eigenvalue weighted by atomic mass is 35.5. The summed E-state index contributed by atoms with van der Waals surface area (Å²) < 4.78 is -1.05. The number of carbonyl (C=O) groups is 1. The second kappa shape index (κ2) is 7.59. The number of nitro benzene ring substituents is 1. The van der Waals surface area contributed by atoms with Gasteiger partial charge >= 0.3 is 0 Å². The van der Waals surface area contributed by atoms with E-state index in [0.29, 0.717) is 5.56 Å². The number of carbonyl (C=O) groups excluding carboxylic acids is 1. The van der Waals surface area contributed by atoms with E-state index < -0.39 is 15.7 Å². The number of hydrogen-bond donors (Lipinski definition) is 2. The van der Waals surface area contributed by atoms with Gasteiger partial charge in [-0.15, -0.1) is 12.4 Å². The average molecular weight is 353 g/mol. The summed E-state index contributed by atoms with van der Waals surface area (Å²) >= 11 is 4.70. The third-order valence-corrected chi connectivity index (χ3v) is 4.41. The third-order valence-electron chi connectivity index (χ3n) is 3.62. The fourth-order valence-corrected chi connectivity index (χ4v) is 2.83. The molecule has 122 valence electrons. The van der Waals surface area contributed by atoms with Gasteiger partial charge in [-0.05, 0) is 18.1 Å². The molecular formula is C16H17ClN2O3S. The van der Waals surface area contributed by atoms with Crippen LogP contribution in [0.25, 0.3) is 0 Å². The zero-order chi connectivity index (χ0) is 16.3. The van der Waals surface area contributed by atoms with Crippen molar-refractivity contribution in [1.82, 2.24) is 0 Å². The molecule has 7 heteroatoms. The monoisotopic (exact) mass is 352 g/mol. The number of Topliss-reactive ketones (excluding diaryl/α,β-unsaturated/α-hetero) is 1. The molecule has 2 rings (SSSR count). The standard InChI is InChI=1S/C16H16N2O3S.ClH/c1-11(19)15(17)16(22,12-5-3-2-4-6-12)13-7-9-14(10-8-13)18(20)21;/h2-10,15,22H,17H2,1H3;1H. The molecule has 2 atom stereocenters. The van der Waals surface area contributed by atoms with E-state index in [1.165, 1.54) is 19.1 Å². The summed E-state index contributed by atoms with van der Waals surface area (Å²) in [5.74, 6) is -0.211. The van der Waals surface area contributed by atoms with Crippen molar-refractivity contribution >= 4 is 36.5 Å². The van der Waals surface area contributed by atoms with Gasteiger partial charge in [0.05, 0.1) is 15.7 Å². The van der Waals surface area contributed by atoms with E-state index in [-0.39, 0.29) is 23.9 Å². The van der Waals surface area contributed by atoms with Gasteiger partial charge in [0.1, 0.15) is 5.78 Å². The highest BCUT2D eigenvalue weighted by molar-refractivity contribution is 7.81. The van der Waals surface area contributed by atoms with Crippen LogP contribution in [0, 0.1) is 10.1 Å². The summed E-state index contributed by atoms with van der Waals surface area (Å²) in [6, 6.07) is 14.2. The van der Waals surface area contributed by atoms with Gasteiger partial charge in [-0.2, -0.15) is 12.6 Å². The zero-order valence-corrected chi connectivity index (χ0v) is 14.1. The van der Waals surface area contributed by atoms with Crippen molar-refractivity contribution in [2.75, 3.05) is 0 Å². The maximum absolute atomic E-state index is 11.8. The van der Waals surface area contributed by atoms with Crippen LogP contribution in [0.4, 0.5) is 5.69 Å². The van der Waals surface area contributed by atoms with E-state index in [1.807, 2.05) is 30.3 Å². The second-order valence-corrected chi connectivity index (χ2v) is 5.73. The fraction of sp³-hybridized carbons (Fsp3) is 0.188. The van der Waals surface area contributed by atoms with Crippen LogP contribution in [0.3, 0.4) is 0 Å². The van der Waals surface area contributed by atoms with Crippen LogP contribution < -0.4 is 5.73 Å². The SMILES string of the molecule is CC(=O)C(N)C(S)(c1ccccc1)c1ccc([N+](=O)[O-])cc1.Cl. The topological polar surface area (TPSA) is 86.2 Å². The van der Waals surface area contributed by atoms with Crippen molar-refractivity contribution in [3.05, 3.63) is 75.8 Å². The molecule has 0 aliphatic heterocycles. The molecule has 0 amide bonds. The molecule has 2 aromatic rings. The van der Waals surface area contributed by atoms with Crippen molar-refractivity contribution in [3.63, 3.8) is 0 Å². The number of benzene rings is 2. The predicted molar refractivity (Wildman–Crippen MR) is 95.2 cm³/mol. The molecule has 0 aromatic heterocycles. The Balaban J connectivity index is 0.00000264. The predicted octanol–water partition coefficient (Wildman–Crippen LogP) is 3.11. The summed E-state index contributed by atoms with van der Waals surface area (Å²) in [5, 5.41) is 10.8. The van der Waals surface area contributed by atoms with Gasteiger partial charge in [-0.3, -0.25) is 14.9 Å². The molecule has 2 N–H and O–H groups in total. The minimum absolute atomic E-state index is 0. The van der Waals surface area contributed by atoms with Gasteiger partial charge in [-0.25, -0.2) is 0 Å². The summed E-state index contributed by atoms with van der Waals surface area (Å²) in [6.45, 7) is 1.41. The van der Waals surface area contributed by atoms with Crippen LogP contribution in [0.1, 0.15) is 18.1 Å². The molecule has 0 spiro atoms. The first kappa shape index (κ1) is 19.2. The second-order valence-electron chi connectivity index (χ2n) is 5.02. The van der Waals surface area contributed by atoms with Crippen LogP contribution in [0.5, 0.6) is 0 Å². The Kier molecular flexibility index (Phi) is 6.32. The Hall–Kier alpha value is -1.89. The summed E-state index contributed by atoms with van der Waals surface area (Å²) in [4.78, 5) is 22.1. The number of nitro groups is 1. The molecule has 2 unspecified atom stereocenters. The molecule has 5 nitrogen and oxygen atoms in total.